The van der Waals surface area contributed by atoms with Crippen LogP contribution < -0.4 is 10.1 Å². The van der Waals surface area contributed by atoms with Crippen molar-refractivity contribution in [2.45, 2.75) is 4.90 Å². The van der Waals surface area contributed by atoms with Crippen molar-refractivity contribution in [3.8, 4) is 17.2 Å². The predicted octanol–water partition coefficient (Wildman–Crippen LogP) is 2.81. The van der Waals surface area contributed by atoms with Crippen molar-refractivity contribution >= 4 is 33.4 Å². The van der Waals surface area contributed by atoms with Gasteiger partial charge in [0.25, 0.3) is 5.91 Å². The Labute approximate surface area is 160 Å². The summed E-state index contributed by atoms with van der Waals surface area (Å²) in [6.07, 6.45) is 1.10. The molecule has 0 bridgehead atoms. The second kappa shape index (κ2) is 7.77. The number of hydrogen-bond acceptors (Lipinski definition) is 7. The van der Waals surface area contributed by atoms with E-state index in [1.807, 2.05) is 0 Å². The Morgan fingerprint density at radius 2 is 1.93 bits per heavy atom. The van der Waals surface area contributed by atoms with E-state index in [4.69, 9.17) is 20.8 Å². The SMILES string of the molecule is CS(=O)(=O)c1cccc(-c2nnc(NC(=O)COc3ccc(Cl)cc3)o2)c1. The lowest BCUT2D eigenvalue weighted by atomic mass is 10.2. The summed E-state index contributed by atoms with van der Waals surface area (Å²) >= 11 is 5.77. The Kier molecular flexibility index (Phi) is 5.43. The molecule has 10 heteroatoms. The van der Waals surface area contributed by atoms with Crippen molar-refractivity contribution in [2.75, 3.05) is 18.2 Å². The standard InChI is InChI=1S/C17H14ClN3O5S/c1-27(23,24)14-4-2-3-11(9-14)16-20-21-17(26-16)19-15(22)10-25-13-7-5-12(18)6-8-13/h2-9H,10H2,1H3,(H,19,21,22). The van der Waals surface area contributed by atoms with Gasteiger partial charge in [-0.1, -0.05) is 22.8 Å². The van der Waals surface area contributed by atoms with E-state index >= 15 is 0 Å². The molecule has 1 heterocycles. The van der Waals surface area contributed by atoms with E-state index < -0.39 is 15.7 Å². The lowest BCUT2D eigenvalue weighted by molar-refractivity contribution is -0.118. The summed E-state index contributed by atoms with van der Waals surface area (Å²) in [5.41, 5.74) is 0.420. The van der Waals surface area contributed by atoms with Gasteiger partial charge in [0.05, 0.1) is 4.90 Å². The lowest BCUT2D eigenvalue weighted by Gasteiger charge is -2.05. The number of sulfone groups is 1. The topological polar surface area (TPSA) is 111 Å². The van der Waals surface area contributed by atoms with E-state index in [-0.39, 0.29) is 23.4 Å². The van der Waals surface area contributed by atoms with Crippen molar-refractivity contribution in [3.05, 3.63) is 53.6 Å². The van der Waals surface area contributed by atoms with Gasteiger partial charge in [-0.25, -0.2) is 8.42 Å². The fraction of sp³-hybridized carbons (Fsp3) is 0.118. The first kappa shape index (κ1) is 18.9. The largest absolute Gasteiger partial charge is 0.484 e. The van der Waals surface area contributed by atoms with Crippen LogP contribution in [0.2, 0.25) is 5.02 Å². The molecule has 2 aromatic carbocycles. The Morgan fingerprint density at radius 1 is 1.19 bits per heavy atom. The molecule has 3 aromatic rings. The van der Waals surface area contributed by atoms with Gasteiger partial charge in [0.15, 0.2) is 16.4 Å². The van der Waals surface area contributed by atoms with Crippen LogP contribution >= 0.6 is 11.6 Å². The average Bonchev–Trinajstić information content (AvgIpc) is 3.09. The van der Waals surface area contributed by atoms with Gasteiger partial charge in [0.2, 0.25) is 5.89 Å². The maximum Gasteiger partial charge on any atom is 0.322 e. The van der Waals surface area contributed by atoms with E-state index in [9.17, 15) is 13.2 Å². The molecule has 140 valence electrons. The highest BCUT2D eigenvalue weighted by Crippen LogP contribution is 2.23. The number of benzene rings is 2. The maximum atomic E-state index is 11.9. The summed E-state index contributed by atoms with van der Waals surface area (Å²) in [6, 6.07) is 12.5. The molecule has 1 aromatic heterocycles. The van der Waals surface area contributed by atoms with Crippen LogP contribution in [-0.4, -0.2) is 37.4 Å². The highest BCUT2D eigenvalue weighted by atomic mass is 35.5. The first-order valence-electron chi connectivity index (χ1n) is 7.63. The van der Waals surface area contributed by atoms with Gasteiger partial charge in [-0.3, -0.25) is 10.1 Å². The number of carbonyl (C=O) groups is 1. The van der Waals surface area contributed by atoms with Gasteiger partial charge in [-0.05, 0) is 42.5 Å². The van der Waals surface area contributed by atoms with Crippen LogP contribution in [0.3, 0.4) is 0 Å². The molecule has 0 radical (unpaired) electrons. The normalized spacial score (nSPS) is 11.2. The molecule has 0 aliphatic heterocycles. The van der Waals surface area contributed by atoms with E-state index in [0.29, 0.717) is 16.3 Å². The van der Waals surface area contributed by atoms with Crippen LogP contribution in [0.1, 0.15) is 0 Å². The Morgan fingerprint density at radius 3 is 2.63 bits per heavy atom. The minimum absolute atomic E-state index is 0.0782. The third-order valence-electron chi connectivity index (χ3n) is 3.36. The number of amides is 1. The zero-order valence-corrected chi connectivity index (χ0v) is 15.6. The third kappa shape index (κ3) is 5.05. The molecule has 0 saturated carbocycles. The van der Waals surface area contributed by atoms with Gasteiger partial charge in [0, 0.05) is 16.8 Å². The summed E-state index contributed by atoms with van der Waals surface area (Å²) in [5, 5.41) is 10.5. The molecule has 0 unspecified atom stereocenters. The summed E-state index contributed by atoms with van der Waals surface area (Å²) < 4.78 is 33.9. The number of aromatic nitrogens is 2. The molecule has 8 nitrogen and oxygen atoms in total. The smallest absolute Gasteiger partial charge is 0.322 e. The maximum absolute atomic E-state index is 11.9. The van der Waals surface area contributed by atoms with Gasteiger partial charge < -0.3 is 9.15 Å². The number of anilines is 1. The van der Waals surface area contributed by atoms with E-state index in [1.54, 1.807) is 36.4 Å². The lowest BCUT2D eigenvalue weighted by Crippen LogP contribution is -2.20. The highest BCUT2D eigenvalue weighted by molar-refractivity contribution is 7.90. The van der Waals surface area contributed by atoms with Crippen molar-refractivity contribution in [2.24, 2.45) is 0 Å². The Hall–Kier alpha value is -2.91. The molecule has 1 N–H and O–H groups in total. The molecule has 1 amide bonds. The molecule has 0 fully saturated rings. The number of halogens is 1. The second-order valence-electron chi connectivity index (χ2n) is 5.50. The molecule has 0 atom stereocenters. The monoisotopic (exact) mass is 407 g/mol. The molecular weight excluding hydrogens is 394 g/mol. The fourth-order valence-electron chi connectivity index (χ4n) is 2.09. The van der Waals surface area contributed by atoms with Crippen LogP contribution in [0.5, 0.6) is 5.75 Å². The molecular formula is C17H14ClN3O5S. The first-order valence-corrected chi connectivity index (χ1v) is 9.90. The number of hydrogen-bond donors (Lipinski definition) is 1. The van der Waals surface area contributed by atoms with E-state index in [2.05, 4.69) is 15.5 Å². The van der Waals surface area contributed by atoms with Crippen molar-refractivity contribution in [1.82, 2.24) is 10.2 Å². The highest BCUT2D eigenvalue weighted by Gasteiger charge is 2.14. The number of ether oxygens (including phenoxy) is 1. The fourth-order valence-corrected chi connectivity index (χ4v) is 2.88. The van der Waals surface area contributed by atoms with Crippen LogP contribution in [0.25, 0.3) is 11.5 Å². The molecule has 0 aliphatic rings. The zero-order chi connectivity index (χ0) is 19.4. The van der Waals surface area contributed by atoms with Crippen LogP contribution in [0, 0.1) is 0 Å². The number of nitrogens with one attached hydrogen (secondary N) is 1. The average molecular weight is 408 g/mol. The second-order valence-corrected chi connectivity index (χ2v) is 7.96. The van der Waals surface area contributed by atoms with Crippen LogP contribution in [0.4, 0.5) is 6.01 Å². The molecule has 3 rings (SSSR count). The van der Waals surface area contributed by atoms with E-state index in [0.717, 1.165) is 6.26 Å². The summed E-state index contributed by atoms with van der Waals surface area (Å²) in [5.74, 6) is 0.0674. The van der Waals surface area contributed by atoms with Crippen LogP contribution in [-0.2, 0) is 14.6 Å². The predicted molar refractivity (Wildman–Crippen MR) is 98.4 cm³/mol. The van der Waals surface area contributed by atoms with Gasteiger partial charge in [0.1, 0.15) is 5.75 Å². The van der Waals surface area contributed by atoms with Crippen molar-refractivity contribution < 1.29 is 22.4 Å². The van der Waals surface area contributed by atoms with Gasteiger partial charge >= 0.3 is 6.01 Å². The Balaban J connectivity index is 1.64. The summed E-state index contributed by atoms with van der Waals surface area (Å²) in [7, 11) is -3.37. The zero-order valence-electron chi connectivity index (χ0n) is 14.0. The molecule has 0 saturated heterocycles. The quantitative estimate of drug-likeness (QED) is 0.668. The number of carbonyl (C=O) groups excluding carboxylic acids is 1. The summed E-state index contributed by atoms with van der Waals surface area (Å²) in [6.45, 7) is -0.261. The van der Waals surface area contributed by atoms with Gasteiger partial charge in [-0.2, -0.15) is 0 Å². The van der Waals surface area contributed by atoms with E-state index in [1.165, 1.54) is 12.1 Å². The Bertz CT molecular complexity index is 1060. The molecule has 0 aliphatic carbocycles. The third-order valence-corrected chi connectivity index (χ3v) is 4.73. The molecule has 0 spiro atoms. The molecule has 27 heavy (non-hydrogen) atoms. The van der Waals surface area contributed by atoms with Crippen LogP contribution in [0.15, 0.2) is 57.8 Å². The summed E-state index contributed by atoms with van der Waals surface area (Å²) in [4.78, 5) is 12.0. The first-order chi connectivity index (χ1) is 12.8. The minimum Gasteiger partial charge on any atom is -0.484 e. The number of nitrogens with zero attached hydrogens (tertiary/aromatic N) is 2. The van der Waals surface area contributed by atoms with Gasteiger partial charge in [-0.15, -0.1) is 5.10 Å². The number of rotatable bonds is 6. The van der Waals surface area contributed by atoms with Crippen molar-refractivity contribution in [1.29, 1.82) is 0 Å². The minimum atomic E-state index is -3.37. The van der Waals surface area contributed by atoms with Crippen molar-refractivity contribution in [3.63, 3.8) is 0 Å².